The molecule has 11 nitrogen and oxygen atoms in total. The summed E-state index contributed by atoms with van der Waals surface area (Å²) in [6.07, 6.45) is -3.54. The lowest BCUT2D eigenvalue weighted by molar-refractivity contribution is -0.274. The van der Waals surface area contributed by atoms with Crippen LogP contribution in [0.5, 0.6) is 5.75 Å². The number of pyridine rings is 1. The minimum atomic E-state index is -4.85. The number of fused-ring (bicyclic) bond motifs is 1. The SMILES string of the molecule is NCCN(CN)C(=O)CC[C@H](N)C(=O)N[C@H](Cc1ccc(OC(F)(F)F)cc1)C(=O)Nc1cnc2ccccc2c1. The van der Waals surface area contributed by atoms with Crippen LogP contribution in [0.3, 0.4) is 0 Å². The second kappa shape index (κ2) is 14.4. The molecule has 0 saturated carbocycles. The molecule has 1 aromatic heterocycles. The first-order valence-electron chi connectivity index (χ1n) is 12.7. The van der Waals surface area contributed by atoms with Crippen LogP contribution in [0, 0.1) is 0 Å². The maximum absolute atomic E-state index is 13.3. The number of nitrogens with zero attached hydrogens (tertiary/aromatic N) is 2. The second-order valence-corrected chi connectivity index (χ2v) is 9.14. The Morgan fingerprint density at radius 1 is 1.02 bits per heavy atom. The Hall–Kier alpha value is -4.27. The predicted octanol–water partition coefficient (Wildman–Crippen LogP) is 1.61. The van der Waals surface area contributed by atoms with Gasteiger partial charge in [-0.3, -0.25) is 19.4 Å². The monoisotopic (exact) mass is 575 g/mol. The number of ether oxygens (including phenoxy) is 1. The van der Waals surface area contributed by atoms with E-state index in [4.69, 9.17) is 17.2 Å². The van der Waals surface area contributed by atoms with Crippen molar-refractivity contribution in [3.63, 3.8) is 0 Å². The van der Waals surface area contributed by atoms with Crippen LogP contribution in [0.1, 0.15) is 18.4 Å². The summed E-state index contributed by atoms with van der Waals surface area (Å²) in [7, 11) is 0. The van der Waals surface area contributed by atoms with Crippen molar-refractivity contribution in [3.05, 3.63) is 66.4 Å². The van der Waals surface area contributed by atoms with Crippen LogP contribution in [0.25, 0.3) is 10.9 Å². The number of nitrogens with one attached hydrogen (secondary N) is 2. The summed E-state index contributed by atoms with van der Waals surface area (Å²) >= 11 is 0. The van der Waals surface area contributed by atoms with E-state index in [0.717, 1.165) is 23.0 Å². The van der Waals surface area contributed by atoms with Gasteiger partial charge in [0, 0.05) is 31.3 Å². The molecule has 3 amide bonds. The van der Waals surface area contributed by atoms with Gasteiger partial charge in [-0.2, -0.15) is 0 Å². The zero-order valence-corrected chi connectivity index (χ0v) is 22.1. The third-order valence-corrected chi connectivity index (χ3v) is 6.07. The maximum Gasteiger partial charge on any atom is 0.573 e. The first-order valence-corrected chi connectivity index (χ1v) is 12.7. The molecule has 0 spiro atoms. The second-order valence-electron chi connectivity index (χ2n) is 9.14. The van der Waals surface area contributed by atoms with Crippen molar-refractivity contribution >= 4 is 34.3 Å². The van der Waals surface area contributed by atoms with Crippen LogP contribution in [0.15, 0.2) is 60.8 Å². The number of rotatable bonds is 13. The van der Waals surface area contributed by atoms with Gasteiger partial charge in [-0.1, -0.05) is 30.3 Å². The number of hydrogen-bond donors (Lipinski definition) is 5. The fourth-order valence-corrected chi connectivity index (χ4v) is 3.96. The molecule has 0 aliphatic heterocycles. The van der Waals surface area contributed by atoms with Gasteiger partial charge in [0.15, 0.2) is 0 Å². The summed E-state index contributed by atoms with van der Waals surface area (Å²) in [5.74, 6) is -2.04. The van der Waals surface area contributed by atoms with E-state index in [1.807, 2.05) is 24.3 Å². The number of para-hydroxylation sites is 1. The van der Waals surface area contributed by atoms with Crippen molar-refractivity contribution < 1.29 is 32.3 Å². The summed E-state index contributed by atoms with van der Waals surface area (Å²) < 4.78 is 41.5. The van der Waals surface area contributed by atoms with Crippen molar-refractivity contribution in [1.29, 1.82) is 0 Å². The molecular formula is C27H32F3N7O4. The van der Waals surface area contributed by atoms with Gasteiger partial charge in [0.05, 0.1) is 30.1 Å². The van der Waals surface area contributed by atoms with Gasteiger partial charge >= 0.3 is 6.36 Å². The van der Waals surface area contributed by atoms with Crippen LogP contribution in [0.2, 0.25) is 0 Å². The van der Waals surface area contributed by atoms with Gasteiger partial charge in [-0.25, -0.2) is 0 Å². The lowest BCUT2D eigenvalue weighted by Crippen LogP contribution is -2.51. The molecule has 8 N–H and O–H groups in total. The van der Waals surface area contributed by atoms with Gasteiger partial charge in [0.1, 0.15) is 11.8 Å². The van der Waals surface area contributed by atoms with Gasteiger partial charge < -0.3 is 37.5 Å². The molecule has 41 heavy (non-hydrogen) atoms. The molecule has 3 aromatic rings. The number of alkyl halides is 3. The molecule has 0 saturated heterocycles. The first kappa shape index (κ1) is 31.3. The summed E-state index contributed by atoms with van der Waals surface area (Å²) in [5.41, 5.74) is 18.6. The zero-order chi connectivity index (χ0) is 30.0. The number of anilines is 1. The van der Waals surface area contributed by atoms with Gasteiger partial charge in [0.25, 0.3) is 0 Å². The number of aromatic nitrogens is 1. The lowest BCUT2D eigenvalue weighted by atomic mass is 10.0. The Labute approximate surface area is 234 Å². The summed E-state index contributed by atoms with van der Waals surface area (Å²) in [6, 6.07) is 11.6. The van der Waals surface area contributed by atoms with Crippen LogP contribution in [-0.2, 0) is 20.8 Å². The zero-order valence-electron chi connectivity index (χ0n) is 22.1. The van der Waals surface area contributed by atoms with Crippen LogP contribution >= 0.6 is 0 Å². The number of benzene rings is 2. The van der Waals surface area contributed by atoms with Crippen LogP contribution in [0.4, 0.5) is 18.9 Å². The molecule has 0 bridgehead atoms. The van der Waals surface area contributed by atoms with Crippen molar-refractivity contribution in [2.24, 2.45) is 17.2 Å². The molecule has 2 atom stereocenters. The van der Waals surface area contributed by atoms with Crippen molar-refractivity contribution in [1.82, 2.24) is 15.2 Å². The Morgan fingerprint density at radius 3 is 2.39 bits per heavy atom. The quantitative estimate of drug-likeness (QED) is 0.191. The molecule has 0 aliphatic rings. The predicted molar refractivity (Wildman–Crippen MR) is 146 cm³/mol. The molecule has 0 unspecified atom stereocenters. The number of carbonyl (C=O) groups excluding carboxylic acids is 3. The Kier molecular flexibility index (Phi) is 11.0. The molecule has 0 radical (unpaired) electrons. The van der Waals surface area contributed by atoms with Crippen molar-refractivity contribution in [3.8, 4) is 5.75 Å². The van der Waals surface area contributed by atoms with E-state index in [2.05, 4.69) is 20.4 Å². The molecule has 3 rings (SSSR count). The summed E-state index contributed by atoms with van der Waals surface area (Å²) in [5, 5.41) is 6.08. The van der Waals surface area contributed by atoms with E-state index in [1.165, 1.54) is 23.2 Å². The third kappa shape index (κ3) is 9.70. The van der Waals surface area contributed by atoms with Gasteiger partial charge in [-0.05, 0) is 36.2 Å². The number of halogens is 3. The Morgan fingerprint density at radius 2 is 1.73 bits per heavy atom. The fourth-order valence-electron chi connectivity index (χ4n) is 3.96. The third-order valence-electron chi connectivity index (χ3n) is 6.07. The van der Waals surface area contributed by atoms with Gasteiger partial charge in [0.2, 0.25) is 17.7 Å². The Bertz CT molecular complexity index is 1340. The number of hydrogen-bond acceptors (Lipinski definition) is 8. The number of amides is 3. The van der Waals surface area contributed by atoms with Gasteiger partial charge in [-0.15, -0.1) is 13.2 Å². The molecular weight excluding hydrogens is 543 g/mol. The first-order chi connectivity index (χ1) is 19.5. The van der Waals surface area contributed by atoms with E-state index in [-0.39, 0.29) is 44.9 Å². The highest BCUT2D eigenvalue weighted by atomic mass is 19.4. The smallest absolute Gasteiger partial charge is 0.406 e. The van der Waals surface area contributed by atoms with E-state index in [1.54, 1.807) is 6.07 Å². The fraction of sp³-hybridized carbons (Fsp3) is 0.333. The van der Waals surface area contributed by atoms with E-state index in [0.29, 0.717) is 11.3 Å². The minimum Gasteiger partial charge on any atom is -0.406 e. The maximum atomic E-state index is 13.3. The molecule has 0 aliphatic carbocycles. The van der Waals surface area contributed by atoms with Crippen molar-refractivity contribution in [2.45, 2.75) is 37.7 Å². The average Bonchev–Trinajstić information content (AvgIpc) is 2.94. The number of carbonyl (C=O) groups is 3. The lowest BCUT2D eigenvalue weighted by Gasteiger charge is -2.22. The highest BCUT2D eigenvalue weighted by Gasteiger charge is 2.31. The summed E-state index contributed by atoms with van der Waals surface area (Å²) in [6.45, 7) is 0.452. The normalized spacial score (nSPS) is 12.8. The molecule has 1 heterocycles. The van der Waals surface area contributed by atoms with E-state index < -0.39 is 36.0 Å². The molecule has 220 valence electrons. The highest BCUT2D eigenvalue weighted by molar-refractivity contribution is 5.99. The molecule has 0 fully saturated rings. The minimum absolute atomic E-state index is 0.0157. The standard InChI is InChI=1S/C27H32F3N7O4/c28-27(29,30)41-20-7-5-17(6-8-20)13-23(26(40)35-19-14-18-3-1-2-4-22(18)34-15-19)36-25(39)21(33)9-10-24(38)37(16-32)12-11-31/h1-8,14-15,21,23H,9-13,16,31-33H2,(H,35,40)(H,36,39)/t21-,23+/m0/s1. The van der Waals surface area contributed by atoms with Crippen molar-refractivity contribution in [2.75, 3.05) is 25.1 Å². The Balaban J connectivity index is 1.73. The topological polar surface area (TPSA) is 179 Å². The van der Waals surface area contributed by atoms with Crippen LogP contribution in [-0.4, -0.2) is 65.8 Å². The van der Waals surface area contributed by atoms with E-state index >= 15 is 0 Å². The molecule has 14 heteroatoms. The highest BCUT2D eigenvalue weighted by Crippen LogP contribution is 2.23. The molecule has 2 aromatic carbocycles. The summed E-state index contributed by atoms with van der Waals surface area (Å²) in [4.78, 5) is 44.2. The number of nitrogens with two attached hydrogens (primary N) is 3. The van der Waals surface area contributed by atoms with E-state index in [9.17, 15) is 27.6 Å². The van der Waals surface area contributed by atoms with Crippen LogP contribution < -0.4 is 32.6 Å². The largest absolute Gasteiger partial charge is 0.573 e. The average molecular weight is 576 g/mol.